The molecule has 110 valence electrons. The molecule has 1 atom stereocenters. The van der Waals surface area contributed by atoms with Crippen LogP contribution in [0, 0.1) is 5.92 Å². The van der Waals surface area contributed by atoms with Crippen LogP contribution in [-0.2, 0) is 9.53 Å². The predicted octanol–water partition coefficient (Wildman–Crippen LogP) is 5.22. The fourth-order valence-electron chi connectivity index (χ4n) is 1.88. The van der Waals surface area contributed by atoms with E-state index in [-0.39, 0.29) is 5.97 Å². The molecule has 20 heavy (non-hydrogen) atoms. The third-order valence-electron chi connectivity index (χ3n) is 3.29. The fraction of sp³-hybridized carbons (Fsp3) is 0.471. The predicted molar refractivity (Wildman–Crippen MR) is 87.4 cm³/mol. The molecule has 1 unspecified atom stereocenters. The summed E-state index contributed by atoms with van der Waals surface area (Å²) in [5.74, 6) is 0.225. The van der Waals surface area contributed by atoms with Crippen LogP contribution in [0.4, 0.5) is 0 Å². The number of ether oxygens (including phenoxy) is 1. The average Bonchev–Trinajstić information content (AvgIpc) is 2.47. The van der Waals surface area contributed by atoms with Gasteiger partial charge in [-0.2, -0.15) is 0 Å². The molecule has 0 radical (unpaired) electrons. The first-order chi connectivity index (χ1) is 9.65. The summed E-state index contributed by atoms with van der Waals surface area (Å²) in [4.78, 5) is 11.7. The van der Waals surface area contributed by atoms with Crippen molar-refractivity contribution in [2.45, 2.75) is 39.5 Å². The molecule has 1 rings (SSSR count). The molecule has 2 nitrogen and oxygen atoms in total. The number of carbonyl (C=O) groups excluding carboxylic acids is 1. The van der Waals surface area contributed by atoms with Gasteiger partial charge >= 0.3 is 5.97 Å². The van der Waals surface area contributed by atoms with E-state index in [9.17, 15) is 4.79 Å². The molecule has 0 aliphatic heterocycles. The normalized spacial score (nSPS) is 12.6. The van der Waals surface area contributed by atoms with Gasteiger partial charge in [-0.15, -0.1) is 0 Å². The van der Waals surface area contributed by atoms with Gasteiger partial charge in [0.2, 0.25) is 0 Å². The molecule has 0 aromatic heterocycles. The highest BCUT2D eigenvalue weighted by Gasteiger charge is 2.08. The van der Waals surface area contributed by atoms with E-state index in [2.05, 4.69) is 29.8 Å². The minimum Gasteiger partial charge on any atom is -0.462 e. The Hall–Kier alpha value is -1.09. The van der Waals surface area contributed by atoms with Gasteiger partial charge in [-0.3, -0.25) is 0 Å². The molecule has 0 saturated carbocycles. The molecule has 0 aliphatic carbocycles. The lowest BCUT2D eigenvalue weighted by molar-refractivity contribution is -0.139. The van der Waals surface area contributed by atoms with E-state index in [1.54, 1.807) is 6.08 Å². The third-order valence-corrected chi connectivity index (χ3v) is 3.82. The molecule has 0 bridgehead atoms. The molecule has 0 aliphatic rings. The molecular weight excluding hydrogens is 316 g/mol. The van der Waals surface area contributed by atoms with Crippen molar-refractivity contribution in [3.8, 4) is 0 Å². The highest BCUT2D eigenvalue weighted by atomic mass is 79.9. The Morgan fingerprint density at radius 2 is 2.00 bits per heavy atom. The number of benzene rings is 1. The lowest BCUT2D eigenvalue weighted by atomic mass is 10.0. The van der Waals surface area contributed by atoms with Gasteiger partial charge in [0.1, 0.15) is 0 Å². The maximum absolute atomic E-state index is 11.7. The van der Waals surface area contributed by atoms with Crippen LogP contribution < -0.4 is 0 Å². The summed E-state index contributed by atoms with van der Waals surface area (Å²) in [5, 5.41) is 0. The number of rotatable bonds is 8. The van der Waals surface area contributed by atoms with Gasteiger partial charge in [-0.05, 0) is 36.1 Å². The van der Waals surface area contributed by atoms with Crippen LogP contribution >= 0.6 is 15.9 Å². The van der Waals surface area contributed by atoms with Crippen molar-refractivity contribution in [1.29, 1.82) is 0 Å². The molecule has 0 spiro atoms. The lowest BCUT2D eigenvalue weighted by Gasteiger charge is -2.13. The second-order valence-electron chi connectivity index (χ2n) is 4.93. The van der Waals surface area contributed by atoms with Gasteiger partial charge in [0, 0.05) is 10.5 Å². The van der Waals surface area contributed by atoms with E-state index in [4.69, 9.17) is 4.74 Å². The van der Waals surface area contributed by atoms with Crippen LogP contribution in [0.1, 0.15) is 45.1 Å². The van der Waals surface area contributed by atoms with Crippen molar-refractivity contribution in [3.63, 3.8) is 0 Å². The molecule has 0 amide bonds. The van der Waals surface area contributed by atoms with Crippen molar-refractivity contribution in [3.05, 3.63) is 40.4 Å². The van der Waals surface area contributed by atoms with Crippen LogP contribution in [0.5, 0.6) is 0 Å². The number of esters is 1. The van der Waals surface area contributed by atoms with Crippen molar-refractivity contribution < 1.29 is 9.53 Å². The van der Waals surface area contributed by atoms with Crippen LogP contribution in [-0.4, -0.2) is 12.6 Å². The Kier molecular flexibility index (Phi) is 8.28. The topological polar surface area (TPSA) is 26.3 Å². The summed E-state index contributed by atoms with van der Waals surface area (Å²) >= 11 is 3.38. The summed E-state index contributed by atoms with van der Waals surface area (Å²) in [6, 6.07) is 7.79. The van der Waals surface area contributed by atoms with Crippen molar-refractivity contribution in [2.75, 3.05) is 6.61 Å². The summed E-state index contributed by atoms with van der Waals surface area (Å²) in [7, 11) is 0. The monoisotopic (exact) mass is 338 g/mol. The summed E-state index contributed by atoms with van der Waals surface area (Å²) in [6.07, 6.45) is 7.86. The summed E-state index contributed by atoms with van der Waals surface area (Å²) < 4.78 is 6.33. The van der Waals surface area contributed by atoms with Crippen LogP contribution in [0.3, 0.4) is 0 Å². The minimum atomic E-state index is -0.261. The Bertz CT molecular complexity index is 423. The zero-order valence-electron chi connectivity index (χ0n) is 12.3. The minimum absolute atomic E-state index is 0.261. The molecule has 0 saturated heterocycles. The standard InChI is InChI=1S/C17H23BrO2/c1-3-5-6-14(4-2)13-20-17(19)12-9-15-7-10-16(18)11-8-15/h7-12,14H,3-6,13H2,1-2H3/b12-9+. The molecular formula is C17H23BrO2. The lowest BCUT2D eigenvalue weighted by Crippen LogP contribution is -2.12. The molecule has 1 aromatic rings. The second-order valence-corrected chi connectivity index (χ2v) is 5.85. The third kappa shape index (κ3) is 6.90. The highest BCUT2D eigenvalue weighted by Crippen LogP contribution is 2.14. The zero-order valence-corrected chi connectivity index (χ0v) is 13.9. The Morgan fingerprint density at radius 3 is 2.60 bits per heavy atom. The Balaban J connectivity index is 2.37. The number of carbonyl (C=O) groups is 1. The van der Waals surface area contributed by atoms with Crippen molar-refractivity contribution in [2.24, 2.45) is 5.92 Å². The van der Waals surface area contributed by atoms with E-state index in [1.807, 2.05) is 24.3 Å². The molecule has 0 fully saturated rings. The van der Waals surface area contributed by atoms with Crippen molar-refractivity contribution >= 4 is 28.0 Å². The number of unbranched alkanes of at least 4 members (excludes halogenated alkanes) is 1. The highest BCUT2D eigenvalue weighted by molar-refractivity contribution is 9.10. The fourth-order valence-corrected chi connectivity index (χ4v) is 2.15. The quantitative estimate of drug-likeness (QED) is 0.479. The Morgan fingerprint density at radius 1 is 1.30 bits per heavy atom. The summed E-state index contributed by atoms with van der Waals surface area (Å²) in [5.41, 5.74) is 0.989. The maximum Gasteiger partial charge on any atom is 0.330 e. The van der Waals surface area contributed by atoms with Gasteiger partial charge < -0.3 is 4.74 Å². The van der Waals surface area contributed by atoms with E-state index in [0.29, 0.717) is 12.5 Å². The van der Waals surface area contributed by atoms with E-state index < -0.39 is 0 Å². The van der Waals surface area contributed by atoms with Gasteiger partial charge in [-0.25, -0.2) is 4.79 Å². The molecule has 0 heterocycles. The van der Waals surface area contributed by atoms with Gasteiger partial charge in [-0.1, -0.05) is 61.2 Å². The number of hydrogen-bond donors (Lipinski definition) is 0. The SMILES string of the molecule is CCCCC(CC)COC(=O)/C=C/c1ccc(Br)cc1. The first-order valence-corrected chi connectivity index (χ1v) is 8.05. The summed E-state index contributed by atoms with van der Waals surface area (Å²) in [6.45, 7) is 4.85. The largest absolute Gasteiger partial charge is 0.462 e. The van der Waals surface area contributed by atoms with Gasteiger partial charge in [0.05, 0.1) is 6.61 Å². The van der Waals surface area contributed by atoms with E-state index in [1.165, 1.54) is 18.9 Å². The van der Waals surface area contributed by atoms with Crippen LogP contribution in [0.2, 0.25) is 0 Å². The van der Waals surface area contributed by atoms with E-state index in [0.717, 1.165) is 22.9 Å². The first kappa shape index (κ1) is 17.0. The first-order valence-electron chi connectivity index (χ1n) is 7.26. The molecule has 0 N–H and O–H groups in total. The zero-order chi connectivity index (χ0) is 14.8. The van der Waals surface area contributed by atoms with Gasteiger partial charge in [0.15, 0.2) is 0 Å². The van der Waals surface area contributed by atoms with Gasteiger partial charge in [0.25, 0.3) is 0 Å². The smallest absolute Gasteiger partial charge is 0.330 e. The average molecular weight is 339 g/mol. The molecule has 1 aromatic carbocycles. The Labute approximate surface area is 130 Å². The van der Waals surface area contributed by atoms with Crippen molar-refractivity contribution in [1.82, 2.24) is 0 Å². The molecule has 3 heteroatoms. The maximum atomic E-state index is 11.7. The second kappa shape index (κ2) is 9.76. The number of halogens is 1. The van der Waals surface area contributed by atoms with E-state index >= 15 is 0 Å². The van der Waals surface area contributed by atoms with Crippen LogP contribution in [0.25, 0.3) is 6.08 Å². The number of hydrogen-bond acceptors (Lipinski definition) is 2. The van der Waals surface area contributed by atoms with Crippen LogP contribution in [0.15, 0.2) is 34.8 Å².